The van der Waals surface area contributed by atoms with Crippen LogP contribution in [0.4, 0.5) is 8.63 Å². The number of aryl methyl sites for hydroxylation is 2. The van der Waals surface area contributed by atoms with Crippen LogP contribution in [0.1, 0.15) is 91.2 Å². The number of hydrogen-bond donors (Lipinski definition) is 4. The third kappa shape index (κ3) is 7.74. The highest BCUT2D eigenvalue weighted by atomic mass is 19.2. The van der Waals surface area contributed by atoms with Crippen molar-refractivity contribution in [1.82, 2.24) is 19.9 Å². The maximum Gasteiger partial charge on any atom is 0.549 e. The number of fused-ring (bicyclic) bond motifs is 1. The summed E-state index contributed by atoms with van der Waals surface area (Å²) < 4.78 is 30.1. The summed E-state index contributed by atoms with van der Waals surface area (Å²) in [6, 6.07) is -0.994. The first-order chi connectivity index (χ1) is 22.9. The monoisotopic (exact) mass is 669 g/mol. The number of nitrogens with zero attached hydrogens (tertiary/aromatic N) is 5. The summed E-state index contributed by atoms with van der Waals surface area (Å²) >= 11 is 0. The molecule has 4 aliphatic rings. The van der Waals surface area contributed by atoms with Gasteiger partial charge < -0.3 is 25.3 Å². The molecule has 0 radical (unpaired) electrons. The van der Waals surface area contributed by atoms with E-state index < -0.39 is 49.4 Å². The van der Waals surface area contributed by atoms with E-state index in [-0.39, 0.29) is 18.9 Å². The van der Waals surface area contributed by atoms with Crippen LogP contribution in [0, 0.1) is 5.92 Å². The van der Waals surface area contributed by atoms with E-state index in [1.807, 2.05) is 43.8 Å². The molecule has 0 spiro atoms. The van der Waals surface area contributed by atoms with Gasteiger partial charge >= 0.3 is 7.27 Å². The normalized spacial score (nSPS) is 29.2. The first-order valence-electron chi connectivity index (χ1n) is 17.4. The molecule has 5 rings (SSSR count). The fourth-order valence-electron chi connectivity index (χ4n) is 7.98. The van der Waals surface area contributed by atoms with Gasteiger partial charge in [-0.3, -0.25) is 23.1 Å². The predicted octanol–water partition coefficient (Wildman–Crippen LogP) is 4.36. The van der Waals surface area contributed by atoms with E-state index in [0.717, 1.165) is 96.5 Å². The maximum absolute atomic E-state index is 14.1. The van der Waals surface area contributed by atoms with Crippen LogP contribution in [0.2, 0.25) is 5.82 Å². The summed E-state index contributed by atoms with van der Waals surface area (Å²) in [5.41, 5.74) is 7.03. The van der Waals surface area contributed by atoms with Gasteiger partial charge in [-0.05, 0) is 94.6 Å². The predicted molar refractivity (Wildman–Crippen MR) is 180 cm³/mol. The fourth-order valence-corrected chi connectivity index (χ4v) is 7.98. The van der Waals surface area contributed by atoms with Crippen LogP contribution in [0.3, 0.4) is 0 Å². The average molecular weight is 670 g/mol. The Morgan fingerprint density at radius 3 is 2.29 bits per heavy atom. The van der Waals surface area contributed by atoms with Gasteiger partial charge in [0.1, 0.15) is 12.2 Å². The van der Waals surface area contributed by atoms with Crippen molar-refractivity contribution >= 4 is 18.9 Å². The van der Waals surface area contributed by atoms with Crippen LogP contribution in [-0.2, 0) is 17.8 Å². The number of aliphatic hydroxyl groups excluding tert-OH is 4. The van der Waals surface area contributed by atoms with Crippen molar-refractivity contribution in [3.05, 3.63) is 57.6 Å². The topological polar surface area (TPSA) is 144 Å². The van der Waals surface area contributed by atoms with Gasteiger partial charge in [-0.25, -0.2) is 0 Å². The Bertz CT molecular complexity index is 1500. The molecule has 1 saturated heterocycles. The zero-order valence-corrected chi connectivity index (χ0v) is 28.5. The molecule has 10 nitrogen and oxygen atoms in total. The van der Waals surface area contributed by atoms with Gasteiger partial charge in [0.2, 0.25) is 5.91 Å². The molecule has 2 aliphatic heterocycles. The van der Waals surface area contributed by atoms with E-state index in [2.05, 4.69) is 10.3 Å². The molecule has 0 bridgehead atoms. The highest BCUT2D eigenvalue weighted by Crippen LogP contribution is 2.47. The number of halogens is 2. The second-order valence-corrected chi connectivity index (χ2v) is 14.0. The number of likely N-dealkylation sites (tertiary alicyclic amines) is 1. The molecule has 262 valence electrons. The number of allylic oxidation sites excluding steroid dienone is 7. The Labute approximate surface area is 282 Å². The number of carbonyl (C=O) groups excluding carboxylic acids is 1. The number of hydrogen-bond acceptors (Lipinski definition) is 8. The number of rotatable bonds is 16. The minimum absolute atomic E-state index is 0.149. The van der Waals surface area contributed by atoms with Crippen molar-refractivity contribution in [1.29, 1.82) is 0 Å². The van der Waals surface area contributed by atoms with E-state index in [4.69, 9.17) is 4.99 Å². The number of amides is 1. The lowest BCUT2D eigenvalue weighted by Gasteiger charge is -2.31. The minimum atomic E-state index is -2.44. The molecule has 0 aromatic carbocycles. The number of unbranched alkanes of at least 4 members (excludes halogenated alkanes) is 5. The zero-order valence-electron chi connectivity index (χ0n) is 28.5. The fraction of sp³-hybridized carbons (Fsp3) is 0.657. The second kappa shape index (κ2) is 15.7. The summed E-state index contributed by atoms with van der Waals surface area (Å²) in [6.45, 7) is 8.08. The molecule has 7 atom stereocenters. The molecule has 1 unspecified atom stereocenters. The van der Waals surface area contributed by atoms with Crippen molar-refractivity contribution in [3.8, 4) is 0 Å². The lowest BCUT2D eigenvalue weighted by Crippen LogP contribution is -2.52. The van der Waals surface area contributed by atoms with Gasteiger partial charge in [-0.1, -0.05) is 36.1 Å². The summed E-state index contributed by atoms with van der Waals surface area (Å²) in [4.78, 5) is 19.0. The van der Waals surface area contributed by atoms with E-state index in [1.165, 1.54) is 4.90 Å². The molecule has 2 aliphatic carbocycles. The molecule has 1 aromatic heterocycles. The molecule has 2 fully saturated rings. The maximum atomic E-state index is 14.1. The van der Waals surface area contributed by atoms with Crippen LogP contribution in [-0.4, -0.2) is 96.2 Å². The van der Waals surface area contributed by atoms with E-state index >= 15 is 0 Å². The van der Waals surface area contributed by atoms with Crippen LogP contribution in [0.5, 0.6) is 0 Å². The van der Waals surface area contributed by atoms with E-state index in [0.29, 0.717) is 12.8 Å². The van der Waals surface area contributed by atoms with Crippen molar-refractivity contribution in [3.63, 3.8) is 0 Å². The lowest BCUT2D eigenvalue weighted by atomic mass is 9.68. The Hall–Kier alpha value is -3.00. The molecule has 4 N–H and O–H groups in total. The zero-order chi connectivity index (χ0) is 34.7. The minimum Gasteiger partial charge on any atom is -0.396 e. The average Bonchev–Trinajstić information content (AvgIpc) is 3.25. The highest BCUT2D eigenvalue weighted by molar-refractivity contribution is 6.47. The summed E-state index contributed by atoms with van der Waals surface area (Å²) in [7, 11) is -2.44. The van der Waals surface area contributed by atoms with Crippen molar-refractivity contribution in [2.24, 2.45) is 10.9 Å². The van der Waals surface area contributed by atoms with Gasteiger partial charge in [0.05, 0.1) is 36.2 Å². The number of aromatic nitrogens is 3. The molecule has 1 amide bonds. The van der Waals surface area contributed by atoms with Crippen LogP contribution < -0.4 is 0 Å². The molecular formula is C35H50BF2N5O5. The second-order valence-electron chi connectivity index (χ2n) is 14.0. The Balaban J connectivity index is 1.00. The molecule has 1 aromatic rings. The number of aliphatic imine (C=N–C) groups is 1. The highest BCUT2D eigenvalue weighted by Gasteiger charge is 2.65. The third-order valence-electron chi connectivity index (χ3n) is 10.4. The van der Waals surface area contributed by atoms with Gasteiger partial charge in [-0.2, -0.15) is 0 Å². The van der Waals surface area contributed by atoms with Crippen molar-refractivity contribution in [2.75, 3.05) is 6.61 Å². The standard InChI is InChI=1S/C35H50BF2N5O5/c1-20-16-21(2)29(36(37)38)28(20)25(30-22(3)17-23(4)39-30)13-8-6-5-7-11-15-42-18-24(40-41-42)12-9-10-14-27(45)43-31-26(19-44)33(46)35(48)34(47)32(31)43/h16-18,26,29,31-35,44,46-48H,5-15,19H2,1-4H3/b30-25-/t26-,29?,31+,32+,33+,34-,35-,43?/m0/s1. The van der Waals surface area contributed by atoms with Crippen LogP contribution >= 0.6 is 0 Å². The van der Waals surface area contributed by atoms with Crippen molar-refractivity contribution in [2.45, 2.75) is 135 Å². The number of aliphatic hydroxyl groups is 4. The van der Waals surface area contributed by atoms with E-state index in [1.54, 1.807) is 6.92 Å². The first kappa shape index (κ1) is 36.3. The van der Waals surface area contributed by atoms with Crippen molar-refractivity contribution < 1.29 is 33.9 Å². The first-order valence-corrected chi connectivity index (χ1v) is 17.4. The molecule has 48 heavy (non-hydrogen) atoms. The molecular weight excluding hydrogens is 619 g/mol. The smallest absolute Gasteiger partial charge is 0.396 e. The largest absolute Gasteiger partial charge is 0.549 e. The molecule has 3 heterocycles. The Morgan fingerprint density at radius 2 is 1.60 bits per heavy atom. The van der Waals surface area contributed by atoms with Gasteiger partial charge in [0, 0.05) is 36.6 Å². The van der Waals surface area contributed by atoms with Crippen LogP contribution in [0.25, 0.3) is 0 Å². The van der Waals surface area contributed by atoms with Crippen LogP contribution in [0.15, 0.2) is 56.9 Å². The van der Waals surface area contributed by atoms with Gasteiger partial charge in [0.15, 0.2) is 0 Å². The summed E-state index contributed by atoms with van der Waals surface area (Å²) in [6.07, 6.45) is 10.0. The summed E-state index contributed by atoms with van der Waals surface area (Å²) in [5.74, 6) is -1.67. The SMILES string of the molecule is CC1=CC(C)=N/C1=C(/CCCCCCCn1cc(CCCCC(=O)N2[C@@H]3[C@H](CO)[C@@H](O)[C@H](O)[C@@H](O)[C@@H]32)nn1)C1=C(C)C=C(C)C1B(F)F. The quantitative estimate of drug-likeness (QED) is 0.116. The van der Waals surface area contributed by atoms with Gasteiger partial charge in [-0.15, -0.1) is 5.10 Å². The third-order valence-corrected chi connectivity index (χ3v) is 10.4. The molecule has 1 saturated carbocycles. The van der Waals surface area contributed by atoms with E-state index in [9.17, 15) is 33.9 Å². The van der Waals surface area contributed by atoms with Gasteiger partial charge in [0.25, 0.3) is 0 Å². The molecule has 13 heteroatoms. The lowest BCUT2D eigenvalue weighted by molar-refractivity contribution is -0.127. The summed E-state index contributed by atoms with van der Waals surface area (Å²) in [5, 5.41) is 48.5. The Morgan fingerprint density at radius 1 is 0.896 bits per heavy atom. The Kier molecular flexibility index (Phi) is 11.9. The number of carbonyl (C=O) groups is 1.